The van der Waals surface area contributed by atoms with Gasteiger partial charge in [-0.2, -0.15) is 4.68 Å². The lowest BCUT2D eigenvalue weighted by Crippen LogP contribution is -2.32. The standard InChI is InChI=1S/C18H19N5OS/c1-14(17(24)22(2)13-15-9-5-3-6-10-15)25-18-19-20-21-23(18)16-11-7-4-8-12-16/h3-12,14H,13H2,1-2H3/t14-/m0/s1. The molecule has 25 heavy (non-hydrogen) atoms. The molecule has 0 aliphatic rings. The smallest absolute Gasteiger partial charge is 0.235 e. The minimum atomic E-state index is -0.290. The van der Waals surface area contributed by atoms with Gasteiger partial charge in [0.05, 0.1) is 10.9 Å². The Balaban J connectivity index is 1.67. The summed E-state index contributed by atoms with van der Waals surface area (Å²) in [5, 5.41) is 12.1. The molecule has 6 nitrogen and oxygen atoms in total. The molecule has 7 heteroatoms. The van der Waals surface area contributed by atoms with E-state index in [0.717, 1.165) is 11.3 Å². The van der Waals surface area contributed by atoms with Crippen LogP contribution >= 0.6 is 11.8 Å². The number of carbonyl (C=O) groups excluding carboxylic acids is 1. The molecule has 0 spiro atoms. The van der Waals surface area contributed by atoms with Crippen LogP contribution in [0.2, 0.25) is 0 Å². The van der Waals surface area contributed by atoms with Crippen LogP contribution in [0, 0.1) is 0 Å². The molecule has 128 valence electrons. The summed E-state index contributed by atoms with van der Waals surface area (Å²) in [5.41, 5.74) is 1.97. The summed E-state index contributed by atoms with van der Waals surface area (Å²) in [6.07, 6.45) is 0. The number of para-hydroxylation sites is 1. The van der Waals surface area contributed by atoms with Crippen molar-refractivity contribution in [3.63, 3.8) is 0 Å². The van der Waals surface area contributed by atoms with Crippen molar-refractivity contribution in [1.82, 2.24) is 25.1 Å². The van der Waals surface area contributed by atoms with Crippen molar-refractivity contribution in [2.75, 3.05) is 7.05 Å². The molecular formula is C18H19N5OS. The summed E-state index contributed by atoms with van der Waals surface area (Å²) >= 11 is 1.35. The highest BCUT2D eigenvalue weighted by atomic mass is 32.2. The Morgan fingerprint density at radius 1 is 1.12 bits per heavy atom. The fourth-order valence-corrected chi connectivity index (χ4v) is 3.36. The van der Waals surface area contributed by atoms with Gasteiger partial charge in [0.1, 0.15) is 0 Å². The van der Waals surface area contributed by atoms with E-state index < -0.39 is 0 Å². The van der Waals surface area contributed by atoms with E-state index in [1.807, 2.05) is 74.6 Å². The first-order valence-electron chi connectivity index (χ1n) is 7.94. The van der Waals surface area contributed by atoms with Crippen molar-refractivity contribution in [2.45, 2.75) is 23.9 Å². The molecule has 1 aromatic heterocycles. The van der Waals surface area contributed by atoms with E-state index in [1.54, 1.807) is 9.58 Å². The van der Waals surface area contributed by atoms with Gasteiger partial charge in [-0.3, -0.25) is 4.79 Å². The van der Waals surface area contributed by atoms with Gasteiger partial charge in [-0.15, -0.1) is 5.10 Å². The maximum absolute atomic E-state index is 12.6. The highest BCUT2D eigenvalue weighted by Gasteiger charge is 2.22. The topological polar surface area (TPSA) is 63.9 Å². The highest BCUT2D eigenvalue weighted by Crippen LogP contribution is 2.24. The van der Waals surface area contributed by atoms with Gasteiger partial charge in [0, 0.05) is 13.6 Å². The molecule has 1 heterocycles. The van der Waals surface area contributed by atoms with Crippen molar-refractivity contribution >= 4 is 17.7 Å². The Kier molecular flexibility index (Phi) is 5.45. The first-order valence-corrected chi connectivity index (χ1v) is 8.82. The first kappa shape index (κ1) is 17.2. The van der Waals surface area contributed by atoms with Crippen LogP contribution in [0.5, 0.6) is 0 Å². The van der Waals surface area contributed by atoms with Crippen molar-refractivity contribution in [1.29, 1.82) is 0 Å². The Labute approximate surface area is 150 Å². The van der Waals surface area contributed by atoms with Crippen molar-refractivity contribution < 1.29 is 4.79 Å². The first-order chi connectivity index (χ1) is 12.1. The molecule has 1 atom stereocenters. The summed E-state index contributed by atoms with van der Waals surface area (Å²) in [6.45, 7) is 2.45. The second kappa shape index (κ2) is 7.94. The summed E-state index contributed by atoms with van der Waals surface area (Å²) in [4.78, 5) is 14.4. The summed E-state index contributed by atoms with van der Waals surface area (Å²) in [5.74, 6) is 0.0384. The van der Waals surface area contributed by atoms with Gasteiger partial charge in [0.2, 0.25) is 11.1 Å². The quantitative estimate of drug-likeness (QED) is 0.638. The third-order valence-electron chi connectivity index (χ3n) is 3.71. The van der Waals surface area contributed by atoms with E-state index in [0.29, 0.717) is 11.7 Å². The number of aromatic nitrogens is 4. The van der Waals surface area contributed by atoms with Crippen LogP contribution < -0.4 is 0 Å². The zero-order chi connectivity index (χ0) is 17.6. The third-order valence-corrected chi connectivity index (χ3v) is 4.73. The van der Waals surface area contributed by atoms with Crippen LogP contribution in [0.1, 0.15) is 12.5 Å². The molecular weight excluding hydrogens is 334 g/mol. The maximum atomic E-state index is 12.6. The van der Waals surface area contributed by atoms with Gasteiger partial charge in [-0.1, -0.05) is 60.3 Å². The molecule has 3 rings (SSSR count). The minimum absolute atomic E-state index is 0.0384. The van der Waals surface area contributed by atoms with Gasteiger partial charge < -0.3 is 4.90 Å². The van der Waals surface area contributed by atoms with Gasteiger partial charge in [-0.25, -0.2) is 0 Å². The number of hydrogen-bond donors (Lipinski definition) is 0. The predicted octanol–water partition coefficient (Wildman–Crippen LogP) is 2.80. The van der Waals surface area contributed by atoms with Crippen LogP contribution in [0.3, 0.4) is 0 Å². The molecule has 0 aliphatic carbocycles. The fraction of sp³-hybridized carbons (Fsp3) is 0.222. The SMILES string of the molecule is C[C@H](Sc1nnnn1-c1ccccc1)C(=O)N(C)Cc1ccccc1. The lowest BCUT2D eigenvalue weighted by Gasteiger charge is -2.21. The Morgan fingerprint density at radius 2 is 1.76 bits per heavy atom. The number of rotatable bonds is 6. The Hall–Kier alpha value is -2.67. The number of tetrazole rings is 1. The fourth-order valence-electron chi connectivity index (χ4n) is 2.44. The third kappa shape index (κ3) is 4.24. The van der Waals surface area contributed by atoms with E-state index in [9.17, 15) is 4.79 Å². The normalized spacial score (nSPS) is 11.9. The molecule has 0 saturated heterocycles. The van der Waals surface area contributed by atoms with E-state index in [2.05, 4.69) is 15.5 Å². The molecule has 0 N–H and O–H groups in total. The van der Waals surface area contributed by atoms with Gasteiger partial charge in [0.15, 0.2) is 0 Å². The van der Waals surface area contributed by atoms with Gasteiger partial charge in [0.25, 0.3) is 0 Å². The van der Waals surface area contributed by atoms with Crippen LogP contribution in [-0.4, -0.2) is 43.3 Å². The van der Waals surface area contributed by atoms with E-state index in [4.69, 9.17) is 0 Å². The largest absolute Gasteiger partial charge is 0.340 e. The van der Waals surface area contributed by atoms with Gasteiger partial charge >= 0.3 is 0 Å². The lowest BCUT2D eigenvalue weighted by atomic mass is 10.2. The minimum Gasteiger partial charge on any atom is -0.340 e. The molecule has 0 radical (unpaired) electrons. The molecule has 1 amide bonds. The predicted molar refractivity (Wildman–Crippen MR) is 97.4 cm³/mol. The average Bonchev–Trinajstić information content (AvgIpc) is 3.10. The van der Waals surface area contributed by atoms with E-state index >= 15 is 0 Å². The highest BCUT2D eigenvalue weighted by molar-refractivity contribution is 8.00. The molecule has 0 saturated carbocycles. The van der Waals surface area contributed by atoms with E-state index in [1.165, 1.54) is 11.8 Å². The molecule has 0 fully saturated rings. The van der Waals surface area contributed by atoms with E-state index in [-0.39, 0.29) is 11.2 Å². The van der Waals surface area contributed by atoms with Crippen molar-refractivity contribution in [2.24, 2.45) is 0 Å². The molecule has 0 unspecified atom stereocenters. The van der Waals surface area contributed by atoms with Crippen molar-refractivity contribution in [3.05, 3.63) is 66.2 Å². The molecule has 3 aromatic rings. The second-order valence-corrected chi connectivity index (χ2v) is 6.96. The number of thioether (sulfide) groups is 1. The number of hydrogen-bond acceptors (Lipinski definition) is 5. The molecule has 2 aromatic carbocycles. The van der Waals surface area contributed by atoms with Crippen LogP contribution in [-0.2, 0) is 11.3 Å². The number of benzene rings is 2. The van der Waals surface area contributed by atoms with Crippen molar-refractivity contribution in [3.8, 4) is 5.69 Å². The zero-order valence-electron chi connectivity index (χ0n) is 14.1. The lowest BCUT2D eigenvalue weighted by molar-refractivity contribution is -0.129. The van der Waals surface area contributed by atoms with Crippen LogP contribution in [0.15, 0.2) is 65.8 Å². The number of amides is 1. The Bertz CT molecular complexity index is 822. The van der Waals surface area contributed by atoms with Crippen LogP contribution in [0.25, 0.3) is 5.69 Å². The number of nitrogens with zero attached hydrogens (tertiary/aromatic N) is 5. The maximum Gasteiger partial charge on any atom is 0.235 e. The number of carbonyl (C=O) groups is 1. The average molecular weight is 353 g/mol. The second-order valence-electron chi connectivity index (χ2n) is 5.65. The zero-order valence-corrected chi connectivity index (χ0v) is 14.9. The van der Waals surface area contributed by atoms with Gasteiger partial charge in [-0.05, 0) is 35.0 Å². The molecule has 0 bridgehead atoms. The Morgan fingerprint density at radius 3 is 2.44 bits per heavy atom. The summed E-state index contributed by atoms with van der Waals surface area (Å²) in [6, 6.07) is 19.6. The summed E-state index contributed by atoms with van der Waals surface area (Å²) < 4.78 is 1.64. The van der Waals surface area contributed by atoms with Crippen LogP contribution in [0.4, 0.5) is 0 Å². The molecule has 0 aliphatic heterocycles. The monoisotopic (exact) mass is 353 g/mol. The summed E-state index contributed by atoms with van der Waals surface area (Å²) in [7, 11) is 1.81.